The molecule has 1 N–H and O–H groups in total. The van der Waals surface area contributed by atoms with E-state index in [-0.39, 0.29) is 11.8 Å². The second-order valence-electron chi connectivity index (χ2n) is 6.89. The molecule has 1 aromatic heterocycles. The summed E-state index contributed by atoms with van der Waals surface area (Å²) in [6, 6.07) is 0. The minimum absolute atomic E-state index is 0.126. The molecule has 1 heterocycles. The van der Waals surface area contributed by atoms with Gasteiger partial charge in [-0.15, -0.1) is 11.3 Å². The Labute approximate surface area is 155 Å². The van der Waals surface area contributed by atoms with E-state index in [4.69, 9.17) is 0 Å². The summed E-state index contributed by atoms with van der Waals surface area (Å²) in [6.07, 6.45) is 8.70. The van der Waals surface area contributed by atoms with E-state index in [9.17, 15) is 9.59 Å². The third kappa shape index (κ3) is 6.42. The molecule has 2 rings (SSSR count). The number of hydrogen-bond donors (Lipinski definition) is 1. The summed E-state index contributed by atoms with van der Waals surface area (Å²) >= 11 is 1.46. The number of hydrogen-bond acceptors (Lipinski definition) is 4. The van der Waals surface area contributed by atoms with Crippen LogP contribution in [0.4, 0.5) is 0 Å². The fourth-order valence-electron chi connectivity index (χ4n) is 3.33. The van der Waals surface area contributed by atoms with Crippen LogP contribution in [0.2, 0.25) is 0 Å². The van der Waals surface area contributed by atoms with Crippen molar-refractivity contribution in [2.75, 3.05) is 13.1 Å². The molecule has 0 aromatic carbocycles. The van der Waals surface area contributed by atoms with E-state index in [2.05, 4.69) is 17.2 Å². The molecule has 0 aliphatic heterocycles. The first-order valence-corrected chi connectivity index (χ1v) is 10.5. The molecule has 2 amide bonds. The van der Waals surface area contributed by atoms with Crippen LogP contribution in [0, 0.1) is 5.92 Å². The Morgan fingerprint density at radius 3 is 2.72 bits per heavy atom. The normalized spacial score (nSPS) is 14.6. The van der Waals surface area contributed by atoms with E-state index in [1.54, 1.807) is 5.38 Å². The lowest BCUT2D eigenvalue weighted by atomic mass is 10.0. The Hall–Kier alpha value is -1.43. The van der Waals surface area contributed by atoms with Crippen LogP contribution in [0.1, 0.15) is 80.7 Å². The summed E-state index contributed by atoms with van der Waals surface area (Å²) in [4.78, 5) is 30.9. The van der Waals surface area contributed by atoms with Crippen LogP contribution in [-0.4, -0.2) is 34.8 Å². The lowest BCUT2D eigenvalue weighted by Gasteiger charge is -2.21. The van der Waals surface area contributed by atoms with E-state index in [0.717, 1.165) is 36.7 Å². The summed E-state index contributed by atoms with van der Waals surface area (Å²) in [5.41, 5.74) is 0.461. The maximum Gasteiger partial charge on any atom is 0.270 e. The molecule has 0 atom stereocenters. The smallest absolute Gasteiger partial charge is 0.270 e. The average molecular weight is 366 g/mol. The Morgan fingerprint density at radius 2 is 2.04 bits per heavy atom. The van der Waals surface area contributed by atoms with Crippen molar-refractivity contribution in [1.82, 2.24) is 15.2 Å². The van der Waals surface area contributed by atoms with E-state index in [1.165, 1.54) is 37.0 Å². The summed E-state index contributed by atoms with van der Waals surface area (Å²) < 4.78 is 0. The van der Waals surface area contributed by atoms with Crippen molar-refractivity contribution in [2.24, 2.45) is 5.92 Å². The zero-order valence-electron chi connectivity index (χ0n) is 15.6. The highest BCUT2D eigenvalue weighted by atomic mass is 32.1. The molecule has 0 radical (unpaired) electrons. The Balaban J connectivity index is 1.88. The maximum absolute atomic E-state index is 12.6. The largest absolute Gasteiger partial charge is 0.351 e. The third-order valence-electron chi connectivity index (χ3n) is 4.73. The van der Waals surface area contributed by atoms with Crippen LogP contribution in [0.3, 0.4) is 0 Å². The van der Waals surface area contributed by atoms with E-state index in [0.29, 0.717) is 25.2 Å². The van der Waals surface area contributed by atoms with Crippen molar-refractivity contribution in [3.8, 4) is 0 Å². The second kappa shape index (κ2) is 10.5. The van der Waals surface area contributed by atoms with Crippen molar-refractivity contribution in [1.29, 1.82) is 0 Å². The van der Waals surface area contributed by atoms with Gasteiger partial charge in [0.2, 0.25) is 5.91 Å². The van der Waals surface area contributed by atoms with Crippen molar-refractivity contribution in [2.45, 2.75) is 71.8 Å². The van der Waals surface area contributed by atoms with Gasteiger partial charge in [-0.1, -0.05) is 39.5 Å². The molecule has 1 saturated carbocycles. The number of amides is 2. The number of carbonyl (C=O) groups excluding carboxylic acids is 2. The van der Waals surface area contributed by atoms with Gasteiger partial charge in [0.05, 0.1) is 6.54 Å². The maximum atomic E-state index is 12.6. The minimum Gasteiger partial charge on any atom is -0.351 e. The molecule has 140 valence electrons. The zero-order chi connectivity index (χ0) is 18.1. The van der Waals surface area contributed by atoms with Gasteiger partial charge in [-0.05, 0) is 25.2 Å². The van der Waals surface area contributed by atoms with Crippen LogP contribution in [0.25, 0.3) is 0 Å². The van der Waals surface area contributed by atoms with Gasteiger partial charge in [-0.25, -0.2) is 4.98 Å². The fourth-order valence-corrected chi connectivity index (χ4v) is 4.12. The number of thiazole rings is 1. The Bertz CT molecular complexity index is 553. The average Bonchev–Trinajstić information content (AvgIpc) is 3.29. The lowest BCUT2D eigenvalue weighted by Crippen LogP contribution is -2.31. The van der Waals surface area contributed by atoms with Gasteiger partial charge < -0.3 is 10.2 Å². The van der Waals surface area contributed by atoms with Gasteiger partial charge in [-0.2, -0.15) is 0 Å². The van der Waals surface area contributed by atoms with E-state index in [1.807, 2.05) is 11.8 Å². The fraction of sp³-hybridized carbons (Fsp3) is 0.737. The highest BCUT2D eigenvalue weighted by molar-refractivity contribution is 7.09. The molecule has 0 unspecified atom stereocenters. The monoisotopic (exact) mass is 365 g/mol. The van der Waals surface area contributed by atoms with Crippen LogP contribution in [0.15, 0.2) is 5.38 Å². The molecule has 1 fully saturated rings. The summed E-state index contributed by atoms with van der Waals surface area (Å²) in [7, 11) is 0. The van der Waals surface area contributed by atoms with Gasteiger partial charge in [0.1, 0.15) is 10.7 Å². The minimum atomic E-state index is -0.126. The predicted octanol–water partition coefficient (Wildman–Crippen LogP) is 3.99. The first kappa shape index (κ1) is 19.9. The second-order valence-corrected chi connectivity index (χ2v) is 7.83. The van der Waals surface area contributed by atoms with Gasteiger partial charge in [-0.3, -0.25) is 9.59 Å². The molecule has 6 heteroatoms. The number of nitrogens with one attached hydrogen (secondary N) is 1. The number of aromatic nitrogens is 1. The standard InChI is InChI=1S/C19H31N3O2S/c1-3-11-20-19(24)16-14-25-17(21-16)13-22(12-4-2)18(23)10-9-15-7-5-6-8-15/h14-15H,3-13H2,1-2H3,(H,20,24). The van der Waals surface area contributed by atoms with E-state index < -0.39 is 0 Å². The highest BCUT2D eigenvalue weighted by Gasteiger charge is 2.20. The first-order chi connectivity index (χ1) is 12.1. The van der Waals surface area contributed by atoms with Crippen LogP contribution in [0.5, 0.6) is 0 Å². The van der Waals surface area contributed by atoms with Gasteiger partial charge in [0.15, 0.2) is 0 Å². The SMILES string of the molecule is CCCNC(=O)c1csc(CN(CCC)C(=O)CCC2CCCC2)n1. The summed E-state index contributed by atoms with van der Waals surface area (Å²) in [5, 5.41) is 5.46. The van der Waals surface area contributed by atoms with Crippen LogP contribution in [-0.2, 0) is 11.3 Å². The highest BCUT2D eigenvalue weighted by Crippen LogP contribution is 2.28. The lowest BCUT2D eigenvalue weighted by molar-refractivity contribution is -0.132. The zero-order valence-corrected chi connectivity index (χ0v) is 16.4. The van der Waals surface area contributed by atoms with Crippen LogP contribution < -0.4 is 5.32 Å². The molecule has 5 nitrogen and oxygen atoms in total. The molecule has 25 heavy (non-hydrogen) atoms. The van der Waals surface area contributed by atoms with Crippen molar-refractivity contribution < 1.29 is 9.59 Å². The molecule has 0 saturated heterocycles. The van der Waals surface area contributed by atoms with Gasteiger partial charge >= 0.3 is 0 Å². The molecule has 0 spiro atoms. The number of rotatable bonds is 10. The predicted molar refractivity (Wildman–Crippen MR) is 102 cm³/mol. The molecule has 1 aliphatic carbocycles. The van der Waals surface area contributed by atoms with Crippen LogP contribution >= 0.6 is 11.3 Å². The molecule has 0 bridgehead atoms. The quantitative estimate of drug-likeness (QED) is 0.682. The Kier molecular flexibility index (Phi) is 8.38. The van der Waals surface area contributed by atoms with Crippen molar-refractivity contribution >= 4 is 23.2 Å². The third-order valence-corrected chi connectivity index (χ3v) is 5.57. The molecule has 1 aliphatic rings. The van der Waals surface area contributed by atoms with Crippen molar-refractivity contribution in [3.05, 3.63) is 16.1 Å². The number of carbonyl (C=O) groups is 2. The van der Waals surface area contributed by atoms with Crippen molar-refractivity contribution in [3.63, 3.8) is 0 Å². The topological polar surface area (TPSA) is 62.3 Å². The Morgan fingerprint density at radius 1 is 1.28 bits per heavy atom. The summed E-state index contributed by atoms with van der Waals surface area (Å²) in [5.74, 6) is 0.834. The molecular formula is C19H31N3O2S. The van der Waals surface area contributed by atoms with Gasteiger partial charge in [0.25, 0.3) is 5.91 Å². The molecule has 1 aromatic rings. The number of nitrogens with zero attached hydrogens (tertiary/aromatic N) is 2. The summed E-state index contributed by atoms with van der Waals surface area (Å²) in [6.45, 7) is 6.03. The van der Waals surface area contributed by atoms with E-state index >= 15 is 0 Å². The molecular weight excluding hydrogens is 334 g/mol. The first-order valence-electron chi connectivity index (χ1n) is 9.64. The van der Waals surface area contributed by atoms with Gasteiger partial charge in [0, 0.05) is 24.9 Å².